The number of aromatic nitrogens is 2. The molecule has 3 nitrogen and oxygen atoms in total. The minimum atomic E-state index is -1.45. The minimum Gasteiger partial charge on any atom is -0.376 e. The van der Waals surface area contributed by atoms with Crippen LogP contribution in [0.4, 0.5) is 18.9 Å². The molecule has 1 unspecified atom stereocenters. The van der Waals surface area contributed by atoms with E-state index in [0.717, 1.165) is 36.6 Å². The molecule has 1 N–H and O–H groups in total. The van der Waals surface area contributed by atoms with Gasteiger partial charge in [-0.15, -0.1) is 0 Å². The maximum Gasteiger partial charge on any atom is 0.196 e. The van der Waals surface area contributed by atoms with Crippen LogP contribution in [-0.4, -0.2) is 9.78 Å². The molecule has 106 valence electrons. The number of hydrogen-bond acceptors (Lipinski definition) is 2. The van der Waals surface area contributed by atoms with Crippen LogP contribution in [0.25, 0.3) is 0 Å². The highest BCUT2D eigenvalue weighted by Gasteiger charge is 2.25. The largest absolute Gasteiger partial charge is 0.376 e. The zero-order valence-corrected chi connectivity index (χ0v) is 11.0. The van der Waals surface area contributed by atoms with Crippen molar-refractivity contribution >= 4 is 5.69 Å². The van der Waals surface area contributed by atoms with E-state index in [4.69, 9.17) is 0 Å². The average molecular weight is 281 g/mol. The van der Waals surface area contributed by atoms with Crippen molar-refractivity contribution in [1.29, 1.82) is 0 Å². The van der Waals surface area contributed by atoms with Crippen LogP contribution in [0.3, 0.4) is 0 Å². The van der Waals surface area contributed by atoms with Gasteiger partial charge in [-0.3, -0.25) is 4.68 Å². The number of nitrogens with zero attached hydrogens (tertiary/aromatic N) is 2. The summed E-state index contributed by atoms with van der Waals surface area (Å²) in [4.78, 5) is 0. The van der Waals surface area contributed by atoms with Crippen molar-refractivity contribution in [3.8, 4) is 0 Å². The fraction of sp³-hybridized carbons (Fsp3) is 0.357. The molecule has 1 aromatic heterocycles. The minimum absolute atomic E-state index is 0.0226. The monoisotopic (exact) mass is 281 g/mol. The molecule has 2 aromatic rings. The topological polar surface area (TPSA) is 29.9 Å². The average Bonchev–Trinajstić information content (AvgIpc) is 2.82. The lowest BCUT2D eigenvalue weighted by Crippen LogP contribution is -2.18. The first kappa shape index (κ1) is 13.0. The Kier molecular flexibility index (Phi) is 3.16. The lowest BCUT2D eigenvalue weighted by Gasteiger charge is -2.25. The summed E-state index contributed by atoms with van der Waals surface area (Å²) >= 11 is 0. The van der Waals surface area contributed by atoms with Crippen LogP contribution < -0.4 is 5.32 Å². The van der Waals surface area contributed by atoms with Gasteiger partial charge in [0.15, 0.2) is 17.5 Å². The maximum atomic E-state index is 13.7. The third kappa shape index (κ3) is 2.05. The SMILES string of the molecule is Cn1ncc2c1CCCC2Nc1ccc(F)c(F)c1F. The van der Waals surface area contributed by atoms with Crippen LogP contribution in [0.15, 0.2) is 18.3 Å². The second kappa shape index (κ2) is 4.85. The van der Waals surface area contributed by atoms with Crippen LogP contribution >= 0.6 is 0 Å². The Hall–Kier alpha value is -1.98. The second-order valence-corrected chi connectivity index (χ2v) is 4.98. The van der Waals surface area contributed by atoms with E-state index in [1.165, 1.54) is 6.07 Å². The Balaban J connectivity index is 1.91. The molecule has 1 aliphatic rings. The van der Waals surface area contributed by atoms with Crippen LogP contribution in [0, 0.1) is 17.5 Å². The fourth-order valence-corrected chi connectivity index (χ4v) is 2.68. The number of anilines is 1. The molecular formula is C14H14F3N3. The Morgan fingerprint density at radius 3 is 2.85 bits per heavy atom. The van der Waals surface area contributed by atoms with Gasteiger partial charge < -0.3 is 5.32 Å². The third-order valence-corrected chi connectivity index (χ3v) is 3.74. The second-order valence-electron chi connectivity index (χ2n) is 4.98. The number of aryl methyl sites for hydroxylation is 1. The van der Waals surface area contributed by atoms with E-state index >= 15 is 0 Å². The van der Waals surface area contributed by atoms with Crippen LogP contribution in [0.5, 0.6) is 0 Å². The van der Waals surface area contributed by atoms with E-state index in [0.29, 0.717) is 0 Å². The highest BCUT2D eigenvalue weighted by molar-refractivity contribution is 5.48. The van der Waals surface area contributed by atoms with Crippen LogP contribution in [-0.2, 0) is 13.5 Å². The molecule has 1 aliphatic carbocycles. The van der Waals surface area contributed by atoms with E-state index in [1.807, 2.05) is 7.05 Å². The standard InChI is InChI=1S/C14H14F3N3/c1-20-12-4-2-3-10(8(12)7-18-20)19-11-6-5-9(15)13(16)14(11)17/h5-7,10,19H,2-4H2,1H3. The summed E-state index contributed by atoms with van der Waals surface area (Å²) in [6, 6.07) is 2.01. The van der Waals surface area contributed by atoms with Gasteiger partial charge in [0, 0.05) is 18.3 Å². The quantitative estimate of drug-likeness (QED) is 0.856. The number of nitrogens with one attached hydrogen (secondary N) is 1. The lowest BCUT2D eigenvalue weighted by molar-refractivity contribution is 0.447. The molecule has 1 heterocycles. The number of rotatable bonds is 2. The van der Waals surface area contributed by atoms with Crippen molar-refractivity contribution < 1.29 is 13.2 Å². The van der Waals surface area contributed by atoms with E-state index in [2.05, 4.69) is 10.4 Å². The van der Waals surface area contributed by atoms with Crippen molar-refractivity contribution in [2.75, 3.05) is 5.32 Å². The molecule has 0 saturated carbocycles. The Morgan fingerprint density at radius 1 is 1.25 bits per heavy atom. The van der Waals surface area contributed by atoms with Crippen molar-refractivity contribution in [1.82, 2.24) is 9.78 Å². The zero-order chi connectivity index (χ0) is 14.3. The van der Waals surface area contributed by atoms with E-state index in [9.17, 15) is 13.2 Å². The normalized spacial score (nSPS) is 17.9. The smallest absolute Gasteiger partial charge is 0.196 e. The summed E-state index contributed by atoms with van der Waals surface area (Å²) in [5, 5.41) is 7.14. The molecule has 1 aromatic carbocycles. The fourth-order valence-electron chi connectivity index (χ4n) is 2.68. The molecule has 3 rings (SSSR count). The molecule has 0 saturated heterocycles. The van der Waals surface area contributed by atoms with E-state index < -0.39 is 17.5 Å². The van der Waals surface area contributed by atoms with Crippen molar-refractivity contribution in [2.24, 2.45) is 7.05 Å². The van der Waals surface area contributed by atoms with Crippen LogP contribution in [0.1, 0.15) is 30.1 Å². The van der Waals surface area contributed by atoms with Gasteiger partial charge in [-0.1, -0.05) is 0 Å². The predicted octanol–water partition coefficient (Wildman–Crippen LogP) is 3.33. The molecule has 1 atom stereocenters. The van der Waals surface area contributed by atoms with Gasteiger partial charge in [-0.05, 0) is 31.4 Å². The number of hydrogen-bond donors (Lipinski definition) is 1. The van der Waals surface area contributed by atoms with E-state index in [-0.39, 0.29) is 11.7 Å². The summed E-state index contributed by atoms with van der Waals surface area (Å²) in [5.41, 5.74) is 2.06. The first-order valence-corrected chi connectivity index (χ1v) is 6.48. The highest BCUT2D eigenvalue weighted by Crippen LogP contribution is 2.33. The molecule has 6 heteroatoms. The van der Waals surface area contributed by atoms with Gasteiger partial charge in [0.2, 0.25) is 0 Å². The molecule has 0 bridgehead atoms. The summed E-state index contributed by atoms with van der Waals surface area (Å²) in [6.45, 7) is 0. The predicted molar refractivity (Wildman–Crippen MR) is 68.8 cm³/mol. The first-order valence-electron chi connectivity index (χ1n) is 6.48. The molecule has 0 amide bonds. The molecular weight excluding hydrogens is 267 g/mol. The van der Waals surface area contributed by atoms with Crippen molar-refractivity contribution in [3.05, 3.63) is 47.0 Å². The van der Waals surface area contributed by atoms with Gasteiger partial charge in [0.05, 0.1) is 17.9 Å². The molecule has 0 fully saturated rings. The number of halogens is 3. The van der Waals surface area contributed by atoms with Crippen molar-refractivity contribution in [2.45, 2.75) is 25.3 Å². The van der Waals surface area contributed by atoms with Gasteiger partial charge in [-0.25, -0.2) is 13.2 Å². The van der Waals surface area contributed by atoms with Gasteiger partial charge in [0.1, 0.15) is 0 Å². The van der Waals surface area contributed by atoms with Gasteiger partial charge in [-0.2, -0.15) is 5.10 Å². The van der Waals surface area contributed by atoms with Gasteiger partial charge >= 0.3 is 0 Å². The van der Waals surface area contributed by atoms with Crippen molar-refractivity contribution in [3.63, 3.8) is 0 Å². The Bertz CT molecular complexity index is 651. The number of fused-ring (bicyclic) bond motifs is 1. The summed E-state index contributed by atoms with van der Waals surface area (Å²) < 4.78 is 41.7. The van der Waals surface area contributed by atoms with Crippen LogP contribution in [0.2, 0.25) is 0 Å². The zero-order valence-electron chi connectivity index (χ0n) is 11.0. The van der Waals surface area contributed by atoms with E-state index in [1.54, 1.807) is 10.9 Å². The molecule has 20 heavy (non-hydrogen) atoms. The molecule has 0 spiro atoms. The third-order valence-electron chi connectivity index (χ3n) is 3.74. The Morgan fingerprint density at radius 2 is 2.05 bits per heavy atom. The molecule has 0 aliphatic heterocycles. The molecule has 0 radical (unpaired) electrons. The first-order chi connectivity index (χ1) is 9.58. The number of benzene rings is 1. The maximum absolute atomic E-state index is 13.7. The summed E-state index contributed by atoms with van der Waals surface area (Å²) in [5.74, 6) is -3.81. The highest BCUT2D eigenvalue weighted by atomic mass is 19.2. The summed E-state index contributed by atoms with van der Waals surface area (Å²) in [7, 11) is 1.86. The summed E-state index contributed by atoms with van der Waals surface area (Å²) in [6.07, 6.45) is 4.40. The lowest BCUT2D eigenvalue weighted by atomic mass is 9.93. The van der Waals surface area contributed by atoms with Gasteiger partial charge in [0.25, 0.3) is 0 Å². The Labute approximate surface area is 114 Å².